The van der Waals surface area contributed by atoms with Gasteiger partial charge in [0, 0.05) is 6.54 Å². The third kappa shape index (κ3) is 4.81. The molecule has 0 aliphatic rings. The Morgan fingerprint density at radius 1 is 1.13 bits per heavy atom. The number of amides is 1. The van der Waals surface area contributed by atoms with Crippen molar-refractivity contribution in [1.82, 2.24) is 5.32 Å². The molecule has 0 saturated heterocycles. The van der Waals surface area contributed by atoms with Gasteiger partial charge in [-0.25, -0.2) is 9.18 Å². The van der Waals surface area contributed by atoms with Gasteiger partial charge in [-0.2, -0.15) is 0 Å². The van der Waals surface area contributed by atoms with Crippen LogP contribution in [0.2, 0.25) is 0 Å². The molecule has 1 N–H and O–H groups in total. The zero-order chi connectivity index (χ0) is 16.7. The summed E-state index contributed by atoms with van der Waals surface area (Å²) in [5, 5.41) is 2.63. The Kier molecular flexibility index (Phi) is 5.68. The number of carbonyl (C=O) groups excluding carboxylic acids is 2. The lowest BCUT2D eigenvalue weighted by Crippen LogP contribution is -2.28. The predicted octanol–water partition coefficient (Wildman–Crippen LogP) is 2.31. The van der Waals surface area contributed by atoms with Crippen molar-refractivity contribution in [2.45, 2.75) is 6.54 Å². The third-order valence-electron chi connectivity index (χ3n) is 3.05. The average molecular weight is 317 g/mol. The molecule has 0 aliphatic heterocycles. The summed E-state index contributed by atoms with van der Waals surface area (Å²) in [6, 6.07) is 13.0. The van der Waals surface area contributed by atoms with E-state index in [0.29, 0.717) is 6.54 Å². The molecule has 0 heterocycles. The van der Waals surface area contributed by atoms with Gasteiger partial charge in [0.05, 0.1) is 12.7 Å². The molecule has 0 atom stereocenters. The summed E-state index contributed by atoms with van der Waals surface area (Å²) in [6.45, 7) is -0.0896. The van der Waals surface area contributed by atoms with Gasteiger partial charge < -0.3 is 14.8 Å². The van der Waals surface area contributed by atoms with Crippen LogP contribution in [0.15, 0.2) is 48.5 Å². The van der Waals surface area contributed by atoms with Crippen LogP contribution in [0.25, 0.3) is 0 Å². The van der Waals surface area contributed by atoms with Crippen LogP contribution in [-0.4, -0.2) is 25.6 Å². The maximum absolute atomic E-state index is 13.5. The van der Waals surface area contributed by atoms with Gasteiger partial charge in [0.15, 0.2) is 18.2 Å². The van der Waals surface area contributed by atoms with E-state index in [9.17, 15) is 14.0 Å². The van der Waals surface area contributed by atoms with Crippen LogP contribution >= 0.6 is 0 Å². The van der Waals surface area contributed by atoms with E-state index in [-0.39, 0.29) is 11.3 Å². The van der Waals surface area contributed by atoms with Crippen LogP contribution in [0.3, 0.4) is 0 Å². The molecule has 5 nitrogen and oxygen atoms in total. The van der Waals surface area contributed by atoms with E-state index >= 15 is 0 Å². The summed E-state index contributed by atoms with van der Waals surface area (Å²) in [5.41, 5.74) is 0.948. The van der Waals surface area contributed by atoms with Crippen molar-refractivity contribution in [3.05, 3.63) is 65.5 Å². The molecule has 0 bridgehead atoms. The molecule has 0 aromatic heterocycles. The molecule has 1 amide bonds. The van der Waals surface area contributed by atoms with Crippen LogP contribution in [-0.2, 0) is 16.1 Å². The third-order valence-corrected chi connectivity index (χ3v) is 3.05. The summed E-state index contributed by atoms with van der Waals surface area (Å²) in [6.07, 6.45) is 0. The van der Waals surface area contributed by atoms with Crippen molar-refractivity contribution in [2.24, 2.45) is 0 Å². The van der Waals surface area contributed by atoms with Gasteiger partial charge >= 0.3 is 5.97 Å². The van der Waals surface area contributed by atoms with Crippen molar-refractivity contribution in [3.8, 4) is 5.75 Å². The molecule has 0 spiro atoms. The maximum atomic E-state index is 13.5. The molecule has 2 aromatic carbocycles. The summed E-state index contributed by atoms with van der Waals surface area (Å²) in [7, 11) is 1.33. The quantitative estimate of drug-likeness (QED) is 0.830. The molecule has 0 radical (unpaired) electrons. The standard InChI is InChI=1S/C17H16FNO4/c1-22-15-8-7-13(9-14(15)18)17(21)23-11-16(20)19-10-12-5-3-2-4-6-12/h2-9H,10-11H2,1H3,(H,19,20). The van der Waals surface area contributed by atoms with Crippen LogP contribution < -0.4 is 10.1 Å². The highest BCUT2D eigenvalue weighted by molar-refractivity contribution is 5.91. The molecule has 2 rings (SSSR count). The molecule has 0 fully saturated rings. The summed E-state index contributed by atoms with van der Waals surface area (Å²) in [5.74, 6) is -1.85. The van der Waals surface area contributed by atoms with E-state index in [1.807, 2.05) is 30.3 Å². The van der Waals surface area contributed by atoms with E-state index < -0.39 is 24.3 Å². The Morgan fingerprint density at radius 2 is 1.87 bits per heavy atom. The monoisotopic (exact) mass is 317 g/mol. The Morgan fingerprint density at radius 3 is 2.52 bits per heavy atom. The lowest BCUT2D eigenvalue weighted by Gasteiger charge is -2.07. The minimum absolute atomic E-state index is 0.0131. The van der Waals surface area contributed by atoms with Crippen molar-refractivity contribution < 1.29 is 23.5 Å². The molecule has 0 aliphatic carbocycles. The SMILES string of the molecule is COc1ccc(C(=O)OCC(=O)NCc2ccccc2)cc1F. The Labute approximate surface area is 133 Å². The highest BCUT2D eigenvalue weighted by atomic mass is 19.1. The van der Waals surface area contributed by atoms with Gasteiger partial charge in [0.1, 0.15) is 0 Å². The van der Waals surface area contributed by atoms with Crippen molar-refractivity contribution in [3.63, 3.8) is 0 Å². The Hall–Kier alpha value is -2.89. The second kappa shape index (κ2) is 7.93. The predicted molar refractivity (Wildman–Crippen MR) is 81.5 cm³/mol. The largest absolute Gasteiger partial charge is 0.494 e. The van der Waals surface area contributed by atoms with E-state index in [2.05, 4.69) is 5.32 Å². The zero-order valence-electron chi connectivity index (χ0n) is 12.5. The lowest BCUT2D eigenvalue weighted by atomic mass is 10.2. The number of carbonyl (C=O) groups is 2. The van der Waals surface area contributed by atoms with Gasteiger partial charge in [-0.15, -0.1) is 0 Å². The number of nitrogens with one attached hydrogen (secondary N) is 1. The minimum atomic E-state index is -0.776. The lowest BCUT2D eigenvalue weighted by molar-refractivity contribution is -0.124. The van der Waals surface area contributed by atoms with Crippen molar-refractivity contribution in [2.75, 3.05) is 13.7 Å². The first-order chi connectivity index (χ1) is 11.1. The molecule has 120 valence electrons. The molecular formula is C17H16FNO4. The molecular weight excluding hydrogens is 301 g/mol. The van der Waals surface area contributed by atoms with Crippen LogP contribution in [0.1, 0.15) is 15.9 Å². The number of halogens is 1. The van der Waals surface area contributed by atoms with Gasteiger partial charge in [-0.3, -0.25) is 4.79 Å². The number of esters is 1. The van der Waals surface area contributed by atoms with Gasteiger partial charge in [0.25, 0.3) is 5.91 Å². The topological polar surface area (TPSA) is 64.6 Å². The van der Waals surface area contributed by atoms with Crippen LogP contribution in [0, 0.1) is 5.82 Å². The number of hydrogen-bond acceptors (Lipinski definition) is 4. The second-order valence-corrected chi connectivity index (χ2v) is 4.69. The highest BCUT2D eigenvalue weighted by Gasteiger charge is 2.13. The summed E-state index contributed by atoms with van der Waals surface area (Å²) < 4.78 is 23.1. The number of ether oxygens (including phenoxy) is 2. The number of methoxy groups -OCH3 is 1. The Balaban J connectivity index is 1.81. The molecule has 0 unspecified atom stereocenters. The molecule has 23 heavy (non-hydrogen) atoms. The summed E-state index contributed by atoms with van der Waals surface area (Å²) >= 11 is 0. The first-order valence-corrected chi connectivity index (χ1v) is 6.91. The molecule has 0 saturated carbocycles. The smallest absolute Gasteiger partial charge is 0.338 e. The molecule has 6 heteroatoms. The Bertz CT molecular complexity index is 688. The van der Waals surface area contributed by atoms with Gasteiger partial charge in [-0.1, -0.05) is 30.3 Å². The van der Waals surface area contributed by atoms with Crippen LogP contribution in [0.4, 0.5) is 4.39 Å². The summed E-state index contributed by atoms with van der Waals surface area (Å²) in [4.78, 5) is 23.4. The van der Waals surface area contributed by atoms with E-state index in [0.717, 1.165) is 11.6 Å². The highest BCUT2D eigenvalue weighted by Crippen LogP contribution is 2.18. The zero-order valence-corrected chi connectivity index (χ0v) is 12.5. The first-order valence-electron chi connectivity index (χ1n) is 6.91. The van der Waals surface area contributed by atoms with E-state index in [4.69, 9.17) is 9.47 Å². The normalized spacial score (nSPS) is 10.0. The second-order valence-electron chi connectivity index (χ2n) is 4.69. The van der Waals surface area contributed by atoms with E-state index in [1.165, 1.54) is 19.2 Å². The fourth-order valence-electron chi connectivity index (χ4n) is 1.86. The van der Waals surface area contributed by atoms with Crippen molar-refractivity contribution in [1.29, 1.82) is 0 Å². The van der Waals surface area contributed by atoms with E-state index in [1.54, 1.807) is 0 Å². The van der Waals surface area contributed by atoms with Crippen LogP contribution in [0.5, 0.6) is 5.75 Å². The number of benzene rings is 2. The maximum Gasteiger partial charge on any atom is 0.338 e. The molecule has 2 aromatic rings. The number of hydrogen-bond donors (Lipinski definition) is 1. The fraction of sp³-hybridized carbons (Fsp3) is 0.176. The van der Waals surface area contributed by atoms with Gasteiger partial charge in [0.2, 0.25) is 0 Å². The number of rotatable bonds is 6. The minimum Gasteiger partial charge on any atom is -0.494 e. The fourth-order valence-corrected chi connectivity index (χ4v) is 1.86. The first kappa shape index (κ1) is 16.5. The van der Waals surface area contributed by atoms with Gasteiger partial charge in [-0.05, 0) is 23.8 Å². The average Bonchev–Trinajstić information content (AvgIpc) is 2.58. The van der Waals surface area contributed by atoms with Crippen molar-refractivity contribution >= 4 is 11.9 Å².